The molecule has 0 bridgehead atoms. The third-order valence-corrected chi connectivity index (χ3v) is 5.56. The van der Waals surface area contributed by atoms with E-state index < -0.39 is 11.8 Å². The van der Waals surface area contributed by atoms with Gasteiger partial charge in [-0.3, -0.25) is 14.5 Å². The Morgan fingerprint density at radius 1 is 1.20 bits per heavy atom. The van der Waals surface area contributed by atoms with Crippen molar-refractivity contribution in [3.63, 3.8) is 0 Å². The molecule has 3 atom stereocenters. The second kappa shape index (κ2) is 6.77. The molecule has 3 aliphatic rings. The Bertz CT molecular complexity index is 647. The van der Waals surface area contributed by atoms with E-state index in [2.05, 4.69) is 17.3 Å². The van der Waals surface area contributed by atoms with Crippen molar-refractivity contribution in [3.8, 4) is 0 Å². The summed E-state index contributed by atoms with van der Waals surface area (Å²) in [5.74, 6) is -0.185. The topological polar surface area (TPSA) is 61.9 Å². The second-order valence-electron chi connectivity index (χ2n) is 7.47. The van der Waals surface area contributed by atoms with Crippen molar-refractivity contribution in [1.29, 1.82) is 0 Å². The minimum Gasteiger partial charge on any atom is -0.378 e. The van der Waals surface area contributed by atoms with Gasteiger partial charge in [-0.05, 0) is 31.4 Å². The second-order valence-corrected chi connectivity index (χ2v) is 7.47. The summed E-state index contributed by atoms with van der Waals surface area (Å²) in [7, 11) is 2.10. The van der Waals surface area contributed by atoms with E-state index in [1.807, 2.05) is 30.3 Å². The summed E-state index contributed by atoms with van der Waals surface area (Å²) < 4.78 is 5.84. The van der Waals surface area contributed by atoms with Gasteiger partial charge in [0, 0.05) is 13.1 Å². The Kier molecular flexibility index (Phi) is 4.48. The number of nitrogens with zero attached hydrogens (tertiary/aromatic N) is 2. The zero-order valence-corrected chi connectivity index (χ0v) is 14.6. The van der Waals surface area contributed by atoms with E-state index in [-0.39, 0.29) is 18.1 Å². The van der Waals surface area contributed by atoms with E-state index in [0.29, 0.717) is 19.8 Å². The molecule has 6 nitrogen and oxygen atoms in total. The van der Waals surface area contributed by atoms with Crippen LogP contribution in [0.5, 0.6) is 0 Å². The maximum absolute atomic E-state index is 12.5. The molecule has 2 amide bonds. The predicted octanol–water partition coefficient (Wildman–Crippen LogP) is 0.623. The fourth-order valence-electron chi connectivity index (χ4n) is 3.96. The standard InChI is InChI=1S/C19H25N3O3/c1-21(9-14-7-8-14)15-11-25-12-16-17(15)20-18(23)19(24)22(16)10-13-5-3-2-4-6-13/h2-6,14-17H,7-12H2,1H3,(H,20,23)/t15-,16?,17+/m0/s1. The minimum atomic E-state index is -0.496. The van der Waals surface area contributed by atoms with Crippen molar-refractivity contribution >= 4 is 11.8 Å². The summed E-state index contributed by atoms with van der Waals surface area (Å²) in [6.45, 7) is 2.53. The van der Waals surface area contributed by atoms with E-state index in [0.717, 1.165) is 18.0 Å². The van der Waals surface area contributed by atoms with Crippen LogP contribution in [0.4, 0.5) is 0 Å². The summed E-state index contributed by atoms with van der Waals surface area (Å²) in [6, 6.07) is 9.72. The summed E-state index contributed by atoms with van der Waals surface area (Å²) in [5.41, 5.74) is 1.03. The fraction of sp³-hybridized carbons (Fsp3) is 0.579. The normalized spacial score (nSPS) is 29.5. The first kappa shape index (κ1) is 16.5. The van der Waals surface area contributed by atoms with Crippen molar-refractivity contribution in [1.82, 2.24) is 15.1 Å². The van der Waals surface area contributed by atoms with Crippen LogP contribution in [0.2, 0.25) is 0 Å². The maximum atomic E-state index is 12.5. The third kappa shape index (κ3) is 3.41. The van der Waals surface area contributed by atoms with Crippen molar-refractivity contribution < 1.29 is 14.3 Å². The van der Waals surface area contributed by atoms with Gasteiger partial charge >= 0.3 is 11.8 Å². The minimum absolute atomic E-state index is 0.0774. The molecule has 0 spiro atoms. The SMILES string of the molecule is CN(CC1CC1)[C@H]1COCC2[C@@H]1NC(=O)C(=O)N2Cc1ccccc1. The largest absolute Gasteiger partial charge is 0.378 e. The van der Waals surface area contributed by atoms with E-state index in [9.17, 15) is 9.59 Å². The number of piperazine rings is 1. The highest BCUT2D eigenvalue weighted by atomic mass is 16.5. The molecule has 2 aliphatic heterocycles. The maximum Gasteiger partial charge on any atom is 0.312 e. The number of rotatable bonds is 5. The molecular formula is C19H25N3O3. The Morgan fingerprint density at radius 2 is 1.96 bits per heavy atom. The highest BCUT2D eigenvalue weighted by Gasteiger charge is 2.47. The highest BCUT2D eigenvalue weighted by Crippen LogP contribution is 2.31. The first-order chi connectivity index (χ1) is 12.1. The van der Waals surface area contributed by atoms with Gasteiger partial charge in [0.1, 0.15) is 0 Å². The molecular weight excluding hydrogens is 318 g/mol. The first-order valence-electron chi connectivity index (χ1n) is 9.07. The van der Waals surface area contributed by atoms with Gasteiger partial charge in [0.25, 0.3) is 0 Å². The number of fused-ring (bicyclic) bond motifs is 1. The van der Waals surface area contributed by atoms with Crippen LogP contribution in [0.25, 0.3) is 0 Å². The molecule has 4 rings (SSSR count). The molecule has 0 aromatic heterocycles. The molecule has 1 aromatic carbocycles. The van der Waals surface area contributed by atoms with Crippen molar-refractivity contribution in [2.45, 2.75) is 37.5 Å². The predicted molar refractivity (Wildman–Crippen MR) is 92.7 cm³/mol. The Balaban J connectivity index is 1.54. The Morgan fingerprint density at radius 3 is 2.68 bits per heavy atom. The van der Waals surface area contributed by atoms with E-state index in [4.69, 9.17) is 4.74 Å². The molecule has 1 N–H and O–H groups in total. The van der Waals surface area contributed by atoms with Crippen LogP contribution in [0.3, 0.4) is 0 Å². The molecule has 6 heteroatoms. The van der Waals surface area contributed by atoms with Crippen LogP contribution in [-0.2, 0) is 20.9 Å². The molecule has 1 unspecified atom stereocenters. The van der Waals surface area contributed by atoms with Gasteiger partial charge in [0.2, 0.25) is 0 Å². The molecule has 1 aromatic rings. The molecule has 2 heterocycles. The van der Waals surface area contributed by atoms with E-state index in [1.165, 1.54) is 12.8 Å². The van der Waals surface area contributed by atoms with E-state index >= 15 is 0 Å². The number of benzene rings is 1. The van der Waals surface area contributed by atoms with E-state index in [1.54, 1.807) is 4.90 Å². The van der Waals surface area contributed by atoms with Gasteiger partial charge < -0.3 is 15.0 Å². The lowest BCUT2D eigenvalue weighted by molar-refractivity contribution is -0.160. The van der Waals surface area contributed by atoms with Crippen LogP contribution in [0.15, 0.2) is 30.3 Å². The quantitative estimate of drug-likeness (QED) is 0.797. The molecule has 25 heavy (non-hydrogen) atoms. The lowest BCUT2D eigenvalue weighted by Crippen LogP contribution is -2.72. The Hall–Kier alpha value is -1.92. The molecule has 1 saturated carbocycles. The average molecular weight is 343 g/mol. The number of nitrogens with one attached hydrogen (secondary N) is 1. The molecule has 3 fully saturated rings. The van der Waals surface area contributed by atoms with Crippen LogP contribution < -0.4 is 5.32 Å². The molecule has 134 valence electrons. The molecule has 1 aliphatic carbocycles. The first-order valence-corrected chi connectivity index (χ1v) is 9.07. The third-order valence-electron chi connectivity index (χ3n) is 5.56. The van der Waals surface area contributed by atoms with Crippen LogP contribution >= 0.6 is 0 Å². The average Bonchev–Trinajstić information content (AvgIpc) is 3.43. The lowest BCUT2D eigenvalue weighted by atomic mass is 9.92. The molecule has 2 saturated heterocycles. The zero-order chi connectivity index (χ0) is 17.4. The number of hydrogen-bond donors (Lipinski definition) is 1. The summed E-state index contributed by atoms with van der Waals surface area (Å²) in [5, 5.41) is 2.96. The highest BCUT2D eigenvalue weighted by molar-refractivity contribution is 6.35. The number of carbonyl (C=O) groups is 2. The van der Waals surface area contributed by atoms with Crippen LogP contribution in [0, 0.1) is 5.92 Å². The summed E-state index contributed by atoms with van der Waals surface area (Å²) in [6.07, 6.45) is 2.58. The number of hydrogen-bond acceptors (Lipinski definition) is 4. The van der Waals surface area contributed by atoms with Gasteiger partial charge in [0.15, 0.2) is 0 Å². The van der Waals surface area contributed by atoms with Crippen LogP contribution in [0.1, 0.15) is 18.4 Å². The summed E-state index contributed by atoms with van der Waals surface area (Å²) >= 11 is 0. The van der Waals surface area contributed by atoms with Crippen molar-refractivity contribution in [2.24, 2.45) is 5.92 Å². The van der Waals surface area contributed by atoms with Crippen LogP contribution in [-0.4, -0.2) is 66.5 Å². The van der Waals surface area contributed by atoms with Gasteiger partial charge in [-0.1, -0.05) is 30.3 Å². The molecule has 0 radical (unpaired) electrons. The van der Waals surface area contributed by atoms with Crippen molar-refractivity contribution in [2.75, 3.05) is 26.8 Å². The monoisotopic (exact) mass is 343 g/mol. The lowest BCUT2D eigenvalue weighted by Gasteiger charge is -2.49. The fourth-order valence-corrected chi connectivity index (χ4v) is 3.96. The van der Waals surface area contributed by atoms with Crippen molar-refractivity contribution in [3.05, 3.63) is 35.9 Å². The number of carbonyl (C=O) groups excluding carboxylic acids is 2. The Labute approximate surface area is 148 Å². The van der Waals surface area contributed by atoms with Gasteiger partial charge in [-0.15, -0.1) is 0 Å². The van der Waals surface area contributed by atoms with Gasteiger partial charge in [0.05, 0.1) is 31.3 Å². The van der Waals surface area contributed by atoms with Gasteiger partial charge in [-0.2, -0.15) is 0 Å². The summed E-state index contributed by atoms with van der Waals surface area (Å²) in [4.78, 5) is 28.8. The number of likely N-dealkylation sites (N-methyl/N-ethyl adjacent to an activating group) is 1. The number of amides is 2. The smallest absolute Gasteiger partial charge is 0.312 e. The van der Waals surface area contributed by atoms with Gasteiger partial charge in [-0.25, -0.2) is 0 Å². The number of ether oxygens (including phenoxy) is 1. The zero-order valence-electron chi connectivity index (χ0n) is 14.6.